The number of allylic oxidation sites excluding steroid dienone is 1. The van der Waals surface area contributed by atoms with E-state index in [4.69, 9.17) is 14.0 Å². The Morgan fingerprint density at radius 1 is 1.14 bits per heavy atom. The van der Waals surface area contributed by atoms with Gasteiger partial charge in [0.2, 0.25) is 11.8 Å². The molecular weight excluding hydrogens is 452 g/mol. The summed E-state index contributed by atoms with van der Waals surface area (Å²) in [5.74, 6) is -0.295. The maximum atomic E-state index is 13.3. The predicted molar refractivity (Wildman–Crippen MR) is 131 cm³/mol. The molecule has 1 aromatic rings. The number of aryl methyl sites for hydroxylation is 1. The molecule has 0 aliphatic carbocycles. The Labute approximate surface area is 207 Å². The van der Waals surface area contributed by atoms with Crippen LogP contribution in [0.15, 0.2) is 16.7 Å². The first-order valence-corrected chi connectivity index (χ1v) is 12.1. The van der Waals surface area contributed by atoms with Gasteiger partial charge in [-0.15, -0.1) is 0 Å². The maximum absolute atomic E-state index is 13.3. The molecule has 10 nitrogen and oxygen atoms in total. The van der Waals surface area contributed by atoms with Gasteiger partial charge in [0.15, 0.2) is 5.78 Å². The zero-order chi connectivity index (χ0) is 26.3. The number of hydrogen-bond acceptors (Lipinski definition) is 8. The van der Waals surface area contributed by atoms with Crippen LogP contribution in [0, 0.1) is 18.8 Å². The van der Waals surface area contributed by atoms with Crippen LogP contribution in [0.2, 0.25) is 0 Å². The van der Waals surface area contributed by atoms with Crippen molar-refractivity contribution >= 4 is 23.3 Å². The number of rotatable bonds is 14. The Morgan fingerprint density at radius 2 is 1.77 bits per heavy atom. The van der Waals surface area contributed by atoms with Gasteiger partial charge in [-0.1, -0.05) is 38.9 Å². The molecule has 0 radical (unpaired) electrons. The van der Waals surface area contributed by atoms with Crippen molar-refractivity contribution in [1.29, 1.82) is 0 Å². The summed E-state index contributed by atoms with van der Waals surface area (Å²) in [6.07, 6.45) is 2.27. The molecule has 196 valence electrons. The Morgan fingerprint density at radius 3 is 2.23 bits per heavy atom. The highest BCUT2D eigenvalue weighted by Crippen LogP contribution is 2.29. The molecule has 2 heterocycles. The molecule has 0 saturated carbocycles. The highest BCUT2D eigenvalue weighted by molar-refractivity contribution is 5.98. The van der Waals surface area contributed by atoms with E-state index in [0.29, 0.717) is 30.2 Å². The van der Waals surface area contributed by atoms with Gasteiger partial charge in [-0.3, -0.25) is 14.4 Å². The minimum absolute atomic E-state index is 0.0439. The average molecular weight is 493 g/mol. The molecule has 0 bridgehead atoms. The molecule has 1 aromatic heterocycles. The predicted octanol–water partition coefficient (Wildman–Crippen LogP) is 1.98. The van der Waals surface area contributed by atoms with Gasteiger partial charge < -0.3 is 29.9 Å². The lowest BCUT2D eigenvalue weighted by Gasteiger charge is -2.28. The normalized spacial score (nSPS) is 20.3. The van der Waals surface area contributed by atoms with E-state index in [1.54, 1.807) is 19.9 Å². The van der Waals surface area contributed by atoms with Crippen LogP contribution >= 0.6 is 0 Å². The maximum Gasteiger partial charge on any atom is 0.245 e. The summed E-state index contributed by atoms with van der Waals surface area (Å²) in [7, 11) is 1.45. The Bertz CT molecular complexity index is 919. The largest absolute Gasteiger partial charge is 0.382 e. The smallest absolute Gasteiger partial charge is 0.245 e. The summed E-state index contributed by atoms with van der Waals surface area (Å²) in [6.45, 7) is 13.4. The van der Waals surface area contributed by atoms with Crippen LogP contribution in [0.25, 0.3) is 5.70 Å². The van der Waals surface area contributed by atoms with Crippen LogP contribution in [-0.4, -0.2) is 66.8 Å². The number of Topliss-reactive ketones (excluding diaryl/α,β-unsaturated/α-hetero) is 1. The van der Waals surface area contributed by atoms with Crippen LogP contribution in [0.3, 0.4) is 0 Å². The highest BCUT2D eigenvalue weighted by Gasteiger charge is 2.50. The molecule has 0 aromatic carbocycles. The summed E-state index contributed by atoms with van der Waals surface area (Å²) in [5.41, 5.74) is 0.367. The second-order valence-corrected chi connectivity index (χ2v) is 9.98. The fourth-order valence-electron chi connectivity index (χ4n) is 3.71. The number of methoxy groups -OCH3 is 1. The second-order valence-electron chi connectivity index (χ2n) is 9.98. The molecule has 1 aliphatic heterocycles. The SMILES string of the molecule is CC=C(N[C@H](C(=O)N[C@@H](COC)C(=O)N[C@@H](CC(C)C)C(=O)C1(C)CO1)C(C)C)c1cc(C)on1. The minimum Gasteiger partial charge on any atom is -0.382 e. The van der Waals surface area contributed by atoms with Gasteiger partial charge in [0.1, 0.15) is 29.1 Å². The van der Waals surface area contributed by atoms with Crippen LogP contribution < -0.4 is 16.0 Å². The van der Waals surface area contributed by atoms with Crippen molar-refractivity contribution in [2.45, 2.75) is 78.6 Å². The number of nitrogens with one attached hydrogen (secondary N) is 3. The molecule has 1 saturated heterocycles. The fraction of sp³-hybridized carbons (Fsp3) is 0.680. The van der Waals surface area contributed by atoms with E-state index < -0.39 is 29.6 Å². The molecule has 35 heavy (non-hydrogen) atoms. The van der Waals surface area contributed by atoms with E-state index in [-0.39, 0.29) is 30.1 Å². The Balaban J connectivity index is 2.14. The van der Waals surface area contributed by atoms with Crippen LogP contribution in [-0.2, 0) is 23.9 Å². The number of amides is 2. The van der Waals surface area contributed by atoms with Crippen molar-refractivity contribution < 1.29 is 28.4 Å². The summed E-state index contributed by atoms with van der Waals surface area (Å²) in [4.78, 5) is 39.3. The lowest BCUT2D eigenvalue weighted by molar-refractivity contribution is -0.134. The third-order valence-electron chi connectivity index (χ3n) is 5.86. The Kier molecular flexibility index (Phi) is 10.0. The standard InChI is InChI=1S/C25H40N4O6/c1-9-17(18-11-16(6)35-29-18)26-21(15(4)5)24(32)28-20(12-33-8)23(31)27-19(10-14(2)3)22(30)25(7)13-34-25/h9,11,14-15,19-21,26H,10,12-13H2,1-8H3,(H,27,31)(H,28,32)/t19-,20-,21-,25?/m0/s1. The number of carbonyl (C=O) groups excluding carboxylic acids is 3. The van der Waals surface area contributed by atoms with Crippen molar-refractivity contribution in [3.8, 4) is 0 Å². The summed E-state index contributed by atoms with van der Waals surface area (Å²) in [6, 6.07) is -0.573. The van der Waals surface area contributed by atoms with Gasteiger partial charge in [-0.25, -0.2) is 0 Å². The molecule has 0 spiro atoms. The Hall–Kier alpha value is -2.72. The fourth-order valence-corrected chi connectivity index (χ4v) is 3.71. The number of aromatic nitrogens is 1. The topological polar surface area (TPSA) is 135 Å². The zero-order valence-corrected chi connectivity index (χ0v) is 22.1. The first-order chi connectivity index (χ1) is 16.4. The highest BCUT2D eigenvalue weighted by atomic mass is 16.6. The first kappa shape index (κ1) is 28.5. The molecule has 1 fully saturated rings. The number of ketones is 1. The van der Waals surface area contributed by atoms with E-state index in [1.807, 2.05) is 40.7 Å². The molecule has 2 rings (SSSR count). The monoisotopic (exact) mass is 492 g/mol. The number of hydrogen-bond donors (Lipinski definition) is 3. The van der Waals surface area contributed by atoms with Crippen molar-refractivity contribution in [1.82, 2.24) is 21.1 Å². The quantitative estimate of drug-likeness (QED) is 0.336. The summed E-state index contributed by atoms with van der Waals surface area (Å²) in [5, 5.41) is 12.8. The van der Waals surface area contributed by atoms with Crippen molar-refractivity contribution in [2.24, 2.45) is 11.8 Å². The average Bonchev–Trinajstić information content (AvgIpc) is 3.39. The van der Waals surface area contributed by atoms with Crippen molar-refractivity contribution in [3.05, 3.63) is 23.6 Å². The van der Waals surface area contributed by atoms with E-state index in [9.17, 15) is 14.4 Å². The number of epoxide rings is 1. The van der Waals surface area contributed by atoms with Gasteiger partial charge in [0.05, 0.1) is 25.0 Å². The minimum atomic E-state index is -0.978. The van der Waals surface area contributed by atoms with E-state index >= 15 is 0 Å². The van der Waals surface area contributed by atoms with Gasteiger partial charge in [0.25, 0.3) is 0 Å². The van der Waals surface area contributed by atoms with Gasteiger partial charge >= 0.3 is 0 Å². The second kappa shape index (κ2) is 12.3. The third kappa shape index (κ3) is 7.90. The number of nitrogens with zero attached hydrogens (tertiary/aromatic N) is 1. The number of carbonyl (C=O) groups is 3. The third-order valence-corrected chi connectivity index (χ3v) is 5.86. The van der Waals surface area contributed by atoms with E-state index in [1.165, 1.54) is 7.11 Å². The molecule has 1 unspecified atom stereocenters. The van der Waals surface area contributed by atoms with Gasteiger partial charge in [0, 0.05) is 13.2 Å². The first-order valence-electron chi connectivity index (χ1n) is 12.1. The van der Waals surface area contributed by atoms with E-state index in [0.717, 1.165) is 0 Å². The molecule has 2 amide bonds. The van der Waals surface area contributed by atoms with Crippen LogP contribution in [0.1, 0.15) is 59.4 Å². The lowest BCUT2D eigenvalue weighted by Crippen LogP contribution is -2.58. The molecular formula is C25H40N4O6. The molecule has 10 heteroatoms. The van der Waals surface area contributed by atoms with Gasteiger partial charge in [-0.2, -0.15) is 0 Å². The van der Waals surface area contributed by atoms with Crippen molar-refractivity contribution in [2.75, 3.05) is 20.3 Å². The molecule has 1 aliphatic rings. The van der Waals surface area contributed by atoms with Gasteiger partial charge in [-0.05, 0) is 39.0 Å². The van der Waals surface area contributed by atoms with Crippen molar-refractivity contribution in [3.63, 3.8) is 0 Å². The zero-order valence-electron chi connectivity index (χ0n) is 22.1. The van der Waals surface area contributed by atoms with Crippen LogP contribution in [0.5, 0.6) is 0 Å². The molecule has 3 N–H and O–H groups in total. The molecule has 4 atom stereocenters. The number of ether oxygens (including phenoxy) is 2. The summed E-state index contributed by atoms with van der Waals surface area (Å²) < 4.78 is 15.7. The lowest BCUT2D eigenvalue weighted by atomic mass is 9.93. The van der Waals surface area contributed by atoms with E-state index in [2.05, 4.69) is 21.1 Å². The summed E-state index contributed by atoms with van der Waals surface area (Å²) >= 11 is 0. The van der Waals surface area contributed by atoms with Crippen LogP contribution in [0.4, 0.5) is 0 Å².